The number of rotatable bonds is 2. The van der Waals surface area contributed by atoms with E-state index in [1.807, 2.05) is 0 Å². The molecule has 0 saturated heterocycles. The molecule has 2 N–H and O–H groups in total. The van der Waals surface area contributed by atoms with E-state index in [9.17, 15) is 19.8 Å². The second-order valence-corrected chi connectivity index (χ2v) is 10.7. The van der Waals surface area contributed by atoms with Crippen LogP contribution in [-0.2, 0) is 19.1 Å². The summed E-state index contributed by atoms with van der Waals surface area (Å²) >= 11 is 0. The summed E-state index contributed by atoms with van der Waals surface area (Å²) in [6.45, 7) is 7.27. The van der Waals surface area contributed by atoms with E-state index in [-0.39, 0.29) is 29.6 Å². The highest BCUT2D eigenvalue weighted by atomic mass is 16.5. The largest absolute Gasteiger partial charge is 0.462 e. The molecule has 9 atom stereocenters. The lowest BCUT2D eigenvalue weighted by atomic mass is 9.43. The highest BCUT2D eigenvalue weighted by Gasteiger charge is 2.68. The molecule has 0 aromatic heterocycles. The van der Waals surface area contributed by atoms with E-state index in [4.69, 9.17) is 9.47 Å². The maximum Gasteiger partial charge on any atom is 0.302 e. The molecule has 0 spiro atoms. The number of hydrogen-bond acceptors (Lipinski definition) is 6. The van der Waals surface area contributed by atoms with E-state index in [1.54, 1.807) is 0 Å². The average Bonchev–Trinajstić information content (AvgIpc) is 2.93. The van der Waals surface area contributed by atoms with Crippen LogP contribution in [0.4, 0.5) is 0 Å². The summed E-state index contributed by atoms with van der Waals surface area (Å²) < 4.78 is 11.1. The van der Waals surface area contributed by atoms with Gasteiger partial charge in [-0.1, -0.05) is 13.8 Å². The normalized spacial score (nSPS) is 51.4. The maximum absolute atomic E-state index is 11.7. The minimum Gasteiger partial charge on any atom is -0.462 e. The van der Waals surface area contributed by atoms with Gasteiger partial charge < -0.3 is 19.7 Å². The van der Waals surface area contributed by atoms with Crippen molar-refractivity contribution in [2.24, 2.45) is 28.6 Å². The first kappa shape index (κ1) is 21.1. The monoisotopic (exact) mass is 408 g/mol. The zero-order valence-corrected chi connectivity index (χ0v) is 18.1. The second kappa shape index (κ2) is 6.94. The molecule has 0 bridgehead atoms. The highest BCUT2D eigenvalue weighted by Crippen LogP contribution is 2.67. The Morgan fingerprint density at radius 2 is 1.62 bits per heavy atom. The average molecular weight is 409 g/mol. The number of ether oxygens (including phenoxy) is 2. The van der Waals surface area contributed by atoms with Gasteiger partial charge in [-0.15, -0.1) is 0 Å². The quantitative estimate of drug-likeness (QED) is 0.683. The summed E-state index contributed by atoms with van der Waals surface area (Å²) in [6.07, 6.45) is 4.99. The lowest BCUT2D eigenvalue weighted by Crippen LogP contribution is -2.68. The smallest absolute Gasteiger partial charge is 0.302 e. The van der Waals surface area contributed by atoms with Gasteiger partial charge in [-0.05, 0) is 62.7 Å². The van der Waals surface area contributed by atoms with Crippen molar-refractivity contribution in [1.82, 2.24) is 0 Å². The molecule has 4 fully saturated rings. The van der Waals surface area contributed by atoms with Gasteiger partial charge in [-0.2, -0.15) is 0 Å². The zero-order valence-electron chi connectivity index (χ0n) is 18.1. The van der Waals surface area contributed by atoms with Gasteiger partial charge in [0.05, 0.1) is 11.7 Å². The molecule has 0 unspecified atom stereocenters. The van der Waals surface area contributed by atoms with E-state index in [1.165, 1.54) is 13.8 Å². The van der Waals surface area contributed by atoms with Crippen LogP contribution in [-0.4, -0.2) is 46.1 Å². The first-order valence-corrected chi connectivity index (χ1v) is 11.3. The molecule has 4 rings (SSSR count). The molecule has 4 saturated carbocycles. The molecule has 0 radical (unpaired) electrons. The second-order valence-electron chi connectivity index (χ2n) is 10.7. The molecule has 0 aromatic rings. The summed E-state index contributed by atoms with van der Waals surface area (Å²) in [5, 5.41) is 22.9. The molecule has 4 aliphatic rings. The van der Waals surface area contributed by atoms with Crippen LogP contribution in [0.15, 0.2) is 0 Å². The predicted molar refractivity (Wildman–Crippen MR) is 106 cm³/mol. The van der Waals surface area contributed by atoms with Crippen LogP contribution in [0.25, 0.3) is 0 Å². The predicted octanol–water partition coefficient (Wildman–Crippen LogP) is 2.98. The Balaban J connectivity index is 1.60. The summed E-state index contributed by atoms with van der Waals surface area (Å²) in [5.41, 5.74) is -1.67. The number of aliphatic hydroxyl groups is 2. The summed E-state index contributed by atoms with van der Waals surface area (Å²) in [7, 11) is 0. The number of carbonyl (C=O) groups excluding carboxylic acids is 2. The SMILES string of the molecule is CC(=O)O[C@@H]1CC[C@]2(C)[C@H]3CC[C@]4(C)[C@@H](OC(C)=O)CC[C@H]4[C@@H]3C[C@H](O)[C@@]2(O)C1. The Bertz CT molecular complexity index is 693. The Kier molecular flexibility index (Phi) is 5.05. The molecule has 0 aromatic carbocycles. The third kappa shape index (κ3) is 3.04. The first-order valence-electron chi connectivity index (χ1n) is 11.3. The maximum atomic E-state index is 11.7. The molecule has 4 aliphatic carbocycles. The Labute approximate surface area is 173 Å². The van der Waals surface area contributed by atoms with Crippen molar-refractivity contribution in [2.75, 3.05) is 0 Å². The molecular formula is C23H36O6. The first-order chi connectivity index (χ1) is 13.5. The third-order valence-electron chi connectivity index (χ3n) is 9.37. The lowest BCUT2D eigenvalue weighted by Gasteiger charge is -2.65. The Hall–Kier alpha value is -1.14. The van der Waals surface area contributed by atoms with Gasteiger partial charge in [-0.3, -0.25) is 9.59 Å². The van der Waals surface area contributed by atoms with Gasteiger partial charge >= 0.3 is 11.9 Å². The molecule has 0 amide bonds. The van der Waals surface area contributed by atoms with Crippen molar-refractivity contribution in [3.63, 3.8) is 0 Å². The van der Waals surface area contributed by atoms with Crippen LogP contribution < -0.4 is 0 Å². The van der Waals surface area contributed by atoms with E-state index in [0.29, 0.717) is 30.6 Å². The van der Waals surface area contributed by atoms with Gasteiger partial charge in [0, 0.05) is 31.1 Å². The van der Waals surface area contributed by atoms with Crippen LogP contribution in [0.1, 0.15) is 79.1 Å². The molecule has 0 aliphatic heterocycles. The van der Waals surface area contributed by atoms with Crippen molar-refractivity contribution in [3.05, 3.63) is 0 Å². The van der Waals surface area contributed by atoms with Crippen molar-refractivity contribution >= 4 is 11.9 Å². The zero-order chi connectivity index (χ0) is 21.2. The van der Waals surface area contributed by atoms with Crippen molar-refractivity contribution in [1.29, 1.82) is 0 Å². The minimum atomic E-state index is -1.23. The molecule has 164 valence electrons. The van der Waals surface area contributed by atoms with Gasteiger partial charge in [0.2, 0.25) is 0 Å². The van der Waals surface area contributed by atoms with E-state index in [2.05, 4.69) is 13.8 Å². The van der Waals surface area contributed by atoms with Crippen LogP contribution >= 0.6 is 0 Å². The molecule has 6 nitrogen and oxygen atoms in total. The third-order valence-corrected chi connectivity index (χ3v) is 9.37. The van der Waals surface area contributed by atoms with Crippen LogP contribution in [0, 0.1) is 28.6 Å². The number of carbonyl (C=O) groups is 2. The molecular weight excluding hydrogens is 372 g/mol. The van der Waals surface area contributed by atoms with Crippen molar-refractivity contribution in [3.8, 4) is 0 Å². The van der Waals surface area contributed by atoms with Gasteiger partial charge in [0.15, 0.2) is 0 Å². The summed E-state index contributed by atoms with van der Waals surface area (Å²) in [6, 6.07) is 0. The van der Waals surface area contributed by atoms with E-state index in [0.717, 1.165) is 38.5 Å². The van der Waals surface area contributed by atoms with Crippen LogP contribution in [0.3, 0.4) is 0 Å². The molecule has 29 heavy (non-hydrogen) atoms. The van der Waals surface area contributed by atoms with Gasteiger partial charge in [0.1, 0.15) is 12.2 Å². The molecule has 0 heterocycles. The van der Waals surface area contributed by atoms with Gasteiger partial charge in [-0.25, -0.2) is 0 Å². The highest BCUT2D eigenvalue weighted by molar-refractivity contribution is 5.66. The summed E-state index contributed by atoms with van der Waals surface area (Å²) in [5.74, 6) is 0.491. The van der Waals surface area contributed by atoms with E-state index >= 15 is 0 Å². The van der Waals surface area contributed by atoms with E-state index < -0.39 is 17.1 Å². The topological polar surface area (TPSA) is 93.1 Å². The fourth-order valence-electron chi connectivity index (χ4n) is 7.92. The Morgan fingerprint density at radius 1 is 0.931 bits per heavy atom. The number of hydrogen-bond donors (Lipinski definition) is 2. The van der Waals surface area contributed by atoms with Crippen molar-refractivity contribution < 1.29 is 29.3 Å². The Morgan fingerprint density at radius 3 is 2.28 bits per heavy atom. The molecule has 6 heteroatoms. The summed E-state index contributed by atoms with van der Waals surface area (Å²) in [4.78, 5) is 23.0. The van der Waals surface area contributed by atoms with Crippen LogP contribution in [0.5, 0.6) is 0 Å². The van der Waals surface area contributed by atoms with Gasteiger partial charge in [0.25, 0.3) is 0 Å². The number of fused-ring (bicyclic) bond motifs is 5. The fourth-order valence-corrected chi connectivity index (χ4v) is 7.92. The number of esters is 2. The number of aliphatic hydroxyl groups excluding tert-OH is 1. The minimum absolute atomic E-state index is 0.0450. The lowest BCUT2D eigenvalue weighted by molar-refractivity contribution is -0.267. The standard InChI is InChI=1S/C23H36O6/c1-13(24)28-15-7-10-22(4)18-8-9-21(3)17(5-6-20(21)29-14(2)25)16(18)11-19(26)23(22,27)12-15/h15-20,26-27H,5-12H2,1-4H3/t15-,16+,17+,18+,19+,20+,21+,22-,23+/m1/s1. The van der Waals surface area contributed by atoms with Crippen molar-refractivity contribution in [2.45, 2.75) is 103 Å². The fraction of sp³-hybridized carbons (Fsp3) is 0.913. The van der Waals surface area contributed by atoms with Crippen LogP contribution in [0.2, 0.25) is 0 Å².